The minimum Gasteiger partial charge on any atom is -0.277 e. The highest BCUT2D eigenvalue weighted by Crippen LogP contribution is 2.20. The predicted molar refractivity (Wildman–Crippen MR) is 74.5 cm³/mol. The van der Waals surface area contributed by atoms with Gasteiger partial charge in [0.15, 0.2) is 0 Å². The lowest BCUT2D eigenvalue weighted by molar-refractivity contribution is 0.626. The molecule has 0 amide bonds. The first kappa shape index (κ1) is 11.9. The van der Waals surface area contributed by atoms with Gasteiger partial charge in [0.2, 0.25) is 0 Å². The number of aromatic nitrogens is 1. The van der Waals surface area contributed by atoms with E-state index in [1.54, 1.807) is 12.1 Å². The third-order valence-corrected chi connectivity index (χ3v) is 3.13. The van der Waals surface area contributed by atoms with E-state index in [-0.39, 0.29) is 10.6 Å². The van der Waals surface area contributed by atoms with Crippen molar-refractivity contribution in [2.45, 2.75) is 0 Å². The normalized spacial score (nSPS) is 10.8. The SMILES string of the molecule is O=c1ccc2ccccc2n1-c1cc(F)cc(Cl)c1. The van der Waals surface area contributed by atoms with Gasteiger partial charge < -0.3 is 0 Å². The summed E-state index contributed by atoms with van der Waals surface area (Å²) in [5.41, 5.74) is 0.920. The molecule has 0 saturated heterocycles. The van der Waals surface area contributed by atoms with Gasteiger partial charge in [0, 0.05) is 11.1 Å². The Morgan fingerprint density at radius 1 is 1.00 bits per heavy atom. The van der Waals surface area contributed by atoms with Gasteiger partial charge in [-0.1, -0.05) is 29.8 Å². The second kappa shape index (κ2) is 4.52. The quantitative estimate of drug-likeness (QED) is 0.661. The van der Waals surface area contributed by atoms with Crippen molar-refractivity contribution in [3.05, 3.63) is 75.8 Å². The number of rotatable bonds is 1. The lowest BCUT2D eigenvalue weighted by Gasteiger charge is -2.10. The molecule has 1 aromatic heterocycles. The fourth-order valence-corrected chi connectivity index (χ4v) is 2.34. The van der Waals surface area contributed by atoms with Crippen LogP contribution in [0.5, 0.6) is 0 Å². The summed E-state index contributed by atoms with van der Waals surface area (Å²) in [5, 5.41) is 1.16. The van der Waals surface area contributed by atoms with Crippen LogP contribution in [0.3, 0.4) is 0 Å². The zero-order valence-corrected chi connectivity index (χ0v) is 10.6. The summed E-state index contributed by atoms with van der Waals surface area (Å²) in [6.45, 7) is 0. The van der Waals surface area contributed by atoms with E-state index in [0.29, 0.717) is 5.69 Å². The van der Waals surface area contributed by atoms with Crippen molar-refractivity contribution in [2.75, 3.05) is 0 Å². The largest absolute Gasteiger partial charge is 0.277 e. The number of pyridine rings is 1. The topological polar surface area (TPSA) is 22.0 Å². The highest BCUT2D eigenvalue weighted by Gasteiger charge is 2.07. The van der Waals surface area contributed by atoms with Crippen molar-refractivity contribution < 1.29 is 4.39 Å². The summed E-state index contributed by atoms with van der Waals surface area (Å²) in [7, 11) is 0. The first-order valence-corrected chi connectivity index (χ1v) is 6.10. The van der Waals surface area contributed by atoms with Gasteiger partial charge in [0.05, 0.1) is 11.2 Å². The van der Waals surface area contributed by atoms with Crippen LogP contribution in [0.1, 0.15) is 0 Å². The van der Waals surface area contributed by atoms with Crippen LogP contribution >= 0.6 is 11.6 Å². The Labute approximate surface area is 113 Å². The average Bonchev–Trinajstić information content (AvgIpc) is 2.37. The Kier molecular flexibility index (Phi) is 2.84. The van der Waals surface area contributed by atoms with E-state index < -0.39 is 5.82 Å². The first-order valence-electron chi connectivity index (χ1n) is 5.72. The van der Waals surface area contributed by atoms with E-state index in [0.717, 1.165) is 10.9 Å². The van der Waals surface area contributed by atoms with Crippen LogP contribution in [0.15, 0.2) is 59.4 Å². The first-order chi connectivity index (χ1) is 9.15. The molecule has 1 heterocycles. The summed E-state index contributed by atoms with van der Waals surface area (Å²) < 4.78 is 14.9. The second-order valence-corrected chi connectivity index (χ2v) is 4.63. The van der Waals surface area contributed by atoms with Gasteiger partial charge >= 0.3 is 0 Å². The van der Waals surface area contributed by atoms with E-state index >= 15 is 0 Å². The molecule has 0 atom stereocenters. The molecule has 0 N–H and O–H groups in total. The summed E-state index contributed by atoms with van der Waals surface area (Å²) in [5.74, 6) is -0.470. The standard InChI is InChI=1S/C15H9ClFNO/c16-11-7-12(17)9-13(8-11)18-14-4-2-1-3-10(14)5-6-15(18)19/h1-9H. The molecular formula is C15H9ClFNO. The van der Waals surface area contributed by atoms with E-state index in [1.807, 2.05) is 24.3 Å². The molecule has 2 aromatic carbocycles. The summed E-state index contributed by atoms with van der Waals surface area (Å²) in [6.07, 6.45) is 0. The molecule has 3 aromatic rings. The summed E-state index contributed by atoms with van der Waals surface area (Å²) >= 11 is 5.85. The number of nitrogens with zero attached hydrogens (tertiary/aromatic N) is 1. The molecule has 4 heteroatoms. The van der Waals surface area contributed by atoms with Crippen LogP contribution in [0.25, 0.3) is 16.6 Å². The Morgan fingerprint density at radius 3 is 2.58 bits per heavy atom. The number of hydrogen-bond acceptors (Lipinski definition) is 1. The zero-order chi connectivity index (χ0) is 13.4. The Hall–Kier alpha value is -2.13. The van der Waals surface area contributed by atoms with Gasteiger partial charge in [-0.2, -0.15) is 0 Å². The maximum absolute atomic E-state index is 13.4. The number of halogens is 2. The number of fused-ring (bicyclic) bond motifs is 1. The molecule has 0 bridgehead atoms. The van der Waals surface area contributed by atoms with Crippen LogP contribution < -0.4 is 5.56 Å². The van der Waals surface area contributed by atoms with Crippen molar-refractivity contribution >= 4 is 22.5 Å². The molecule has 0 aliphatic rings. The Bertz CT molecular complexity index is 805. The van der Waals surface area contributed by atoms with Crippen molar-refractivity contribution in [1.29, 1.82) is 0 Å². The van der Waals surface area contributed by atoms with Crippen LogP contribution in [-0.4, -0.2) is 4.57 Å². The fourth-order valence-electron chi connectivity index (χ4n) is 2.12. The number of hydrogen-bond donors (Lipinski definition) is 0. The predicted octanol–water partition coefficient (Wildman–Crippen LogP) is 3.78. The minimum absolute atomic E-state index is 0.222. The van der Waals surface area contributed by atoms with Gasteiger partial charge in [0.25, 0.3) is 5.56 Å². The molecule has 0 radical (unpaired) electrons. The van der Waals surface area contributed by atoms with Crippen molar-refractivity contribution in [1.82, 2.24) is 4.57 Å². The molecule has 0 spiro atoms. The molecule has 0 unspecified atom stereocenters. The molecule has 3 rings (SSSR count). The molecule has 2 nitrogen and oxygen atoms in total. The lowest BCUT2D eigenvalue weighted by Crippen LogP contribution is -2.17. The van der Waals surface area contributed by atoms with Crippen LogP contribution in [-0.2, 0) is 0 Å². The van der Waals surface area contributed by atoms with Gasteiger partial charge in [-0.3, -0.25) is 9.36 Å². The highest BCUT2D eigenvalue weighted by atomic mass is 35.5. The summed E-state index contributed by atoms with van der Waals surface area (Å²) in [4.78, 5) is 12.1. The van der Waals surface area contributed by atoms with Gasteiger partial charge in [-0.05, 0) is 35.7 Å². The van der Waals surface area contributed by atoms with Crippen LogP contribution in [0.4, 0.5) is 4.39 Å². The van der Waals surface area contributed by atoms with E-state index in [9.17, 15) is 9.18 Å². The second-order valence-electron chi connectivity index (χ2n) is 4.19. The van der Waals surface area contributed by atoms with Gasteiger partial charge in [-0.25, -0.2) is 4.39 Å². The van der Waals surface area contributed by atoms with Crippen molar-refractivity contribution in [2.24, 2.45) is 0 Å². The third-order valence-electron chi connectivity index (χ3n) is 2.91. The maximum atomic E-state index is 13.4. The number of para-hydroxylation sites is 1. The van der Waals surface area contributed by atoms with Gasteiger partial charge in [-0.15, -0.1) is 0 Å². The monoisotopic (exact) mass is 273 g/mol. The number of benzene rings is 2. The Balaban J connectivity index is 2.41. The molecular weight excluding hydrogens is 265 g/mol. The van der Waals surface area contributed by atoms with E-state index in [1.165, 1.54) is 22.8 Å². The zero-order valence-electron chi connectivity index (χ0n) is 9.81. The molecule has 0 saturated carbocycles. The van der Waals surface area contributed by atoms with Crippen LogP contribution in [0, 0.1) is 5.82 Å². The average molecular weight is 274 g/mol. The third kappa shape index (κ3) is 2.13. The van der Waals surface area contributed by atoms with E-state index in [4.69, 9.17) is 11.6 Å². The molecule has 0 aliphatic heterocycles. The molecule has 0 aliphatic carbocycles. The molecule has 94 valence electrons. The summed E-state index contributed by atoms with van der Waals surface area (Å²) in [6, 6.07) is 14.7. The van der Waals surface area contributed by atoms with Crippen LogP contribution in [0.2, 0.25) is 5.02 Å². The highest BCUT2D eigenvalue weighted by molar-refractivity contribution is 6.30. The maximum Gasteiger partial charge on any atom is 0.255 e. The lowest BCUT2D eigenvalue weighted by atomic mass is 10.2. The minimum atomic E-state index is -0.470. The Morgan fingerprint density at radius 2 is 1.79 bits per heavy atom. The van der Waals surface area contributed by atoms with Crippen molar-refractivity contribution in [3.8, 4) is 5.69 Å². The van der Waals surface area contributed by atoms with Crippen molar-refractivity contribution in [3.63, 3.8) is 0 Å². The van der Waals surface area contributed by atoms with Gasteiger partial charge in [0.1, 0.15) is 5.82 Å². The smallest absolute Gasteiger partial charge is 0.255 e. The molecule has 19 heavy (non-hydrogen) atoms. The molecule has 0 fully saturated rings. The fraction of sp³-hybridized carbons (Fsp3) is 0. The van der Waals surface area contributed by atoms with E-state index in [2.05, 4.69) is 0 Å².